The van der Waals surface area contributed by atoms with Gasteiger partial charge in [0.2, 0.25) is 0 Å². The van der Waals surface area contributed by atoms with Gasteiger partial charge in [-0.1, -0.05) is 0 Å². The number of aromatic nitrogens is 2. The third-order valence-electron chi connectivity index (χ3n) is 4.69. The monoisotopic (exact) mass is 491 g/mol. The zero-order valence-electron chi connectivity index (χ0n) is 16.1. The summed E-state index contributed by atoms with van der Waals surface area (Å²) in [6.07, 6.45) is 3.25. The molecular weight excluding hydrogens is 469 g/mol. The first-order chi connectivity index (χ1) is 14.3. The molecule has 0 radical (unpaired) electrons. The van der Waals surface area contributed by atoms with Crippen molar-refractivity contribution in [2.75, 3.05) is 7.11 Å². The molecule has 1 aromatic heterocycles. The molecule has 0 saturated heterocycles. The zero-order valence-corrected chi connectivity index (χ0v) is 18.9. The van der Waals surface area contributed by atoms with E-state index >= 15 is 0 Å². The number of aliphatic imine (C=N–C) groups is 1. The van der Waals surface area contributed by atoms with Crippen LogP contribution in [0.15, 0.2) is 108 Å². The van der Waals surface area contributed by atoms with Gasteiger partial charge in [-0.25, -0.2) is 0 Å². The third-order valence-corrected chi connectivity index (χ3v) is 15.8. The summed E-state index contributed by atoms with van der Waals surface area (Å²) in [5.74, 6) is 0.529. The van der Waals surface area contributed by atoms with E-state index < -0.39 is 18.8 Å². The molecular formula is C23H21N3O2Sn. The van der Waals surface area contributed by atoms with E-state index in [2.05, 4.69) is 82.9 Å². The van der Waals surface area contributed by atoms with Crippen molar-refractivity contribution in [3.05, 3.63) is 103 Å². The van der Waals surface area contributed by atoms with Gasteiger partial charge < -0.3 is 0 Å². The second-order valence-electron chi connectivity index (χ2n) is 6.39. The molecule has 5 nitrogen and oxygen atoms in total. The van der Waals surface area contributed by atoms with Gasteiger partial charge in [-0.15, -0.1) is 0 Å². The van der Waals surface area contributed by atoms with Crippen LogP contribution in [0.4, 0.5) is 5.82 Å². The van der Waals surface area contributed by atoms with Crippen molar-refractivity contribution in [2.45, 2.75) is 0 Å². The summed E-state index contributed by atoms with van der Waals surface area (Å²) in [6.45, 7) is 0. The second kappa shape index (κ2) is 8.96. The van der Waals surface area contributed by atoms with Crippen LogP contribution in [0.25, 0.3) is 0 Å². The van der Waals surface area contributed by atoms with Crippen LogP contribution in [0.2, 0.25) is 0 Å². The molecule has 0 saturated carbocycles. The van der Waals surface area contributed by atoms with Crippen LogP contribution in [0, 0.1) is 0 Å². The number of rotatable bonds is 7. The fourth-order valence-electron chi connectivity index (χ4n) is 3.35. The predicted octanol–water partition coefficient (Wildman–Crippen LogP) is 2.29. The summed E-state index contributed by atoms with van der Waals surface area (Å²) < 4.78 is 10.3. The Morgan fingerprint density at radius 3 is 1.66 bits per heavy atom. The van der Waals surface area contributed by atoms with Crippen LogP contribution < -0.4 is 15.6 Å². The molecule has 4 aromatic rings. The van der Waals surface area contributed by atoms with Crippen LogP contribution in [-0.4, -0.2) is 42.2 Å². The summed E-state index contributed by atoms with van der Waals surface area (Å²) in [4.78, 5) is 10.8. The molecule has 1 heterocycles. The first-order valence-electron chi connectivity index (χ1n) is 9.30. The van der Waals surface area contributed by atoms with Crippen molar-refractivity contribution >= 4 is 41.7 Å². The Morgan fingerprint density at radius 2 is 1.24 bits per heavy atom. The molecule has 0 bridgehead atoms. The average molecular weight is 490 g/mol. The standard InChI is InChI=1S/3C6H5.C5H7N3O2.Sn/c3*1-2-4-6-5-3-1;1-10-8-3-2-5(7-8)6-4-9;/h3*1-5H;2-4H,1H3,(H,6,7,9);/q;;;;+1/p-1. The molecule has 0 N–H and O–H groups in total. The SMILES string of the molecule is COn1ccc(N=C[O][Sn]([c]2ccccc2)([c]2ccccc2)[c]2ccccc2)n1. The molecule has 0 fully saturated rings. The Balaban J connectivity index is 1.83. The molecule has 3 aromatic carbocycles. The number of nitrogens with zero attached hydrogens (tertiary/aromatic N) is 3. The van der Waals surface area contributed by atoms with E-state index in [4.69, 9.17) is 7.91 Å². The second-order valence-corrected chi connectivity index (χ2v) is 15.9. The Morgan fingerprint density at radius 1 is 0.759 bits per heavy atom. The van der Waals surface area contributed by atoms with E-state index in [0.717, 1.165) is 0 Å². The topological polar surface area (TPSA) is 48.6 Å². The molecule has 4 rings (SSSR count). The summed E-state index contributed by atoms with van der Waals surface area (Å²) in [7, 11) is 1.55. The van der Waals surface area contributed by atoms with E-state index in [1.54, 1.807) is 25.8 Å². The van der Waals surface area contributed by atoms with Gasteiger partial charge in [0, 0.05) is 0 Å². The van der Waals surface area contributed by atoms with Crippen molar-refractivity contribution in [3.63, 3.8) is 0 Å². The van der Waals surface area contributed by atoms with Crippen LogP contribution in [0.5, 0.6) is 0 Å². The normalized spacial score (nSPS) is 11.5. The molecule has 0 aliphatic carbocycles. The molecule has 0 spiro atoms. The summed E-state index contributed by atoms with van der Waals surface area (Å²) in [6, 6.07) is 33.2. The molecule has 144 valence electrons. The summed E-state index contributed by atoms with van der Waals surface area (Å²) in [5, 5.41) is 4.21. The first kappa shape index (κ1) is 19.3. The fourth-order valence-corrected chi connectivity index (χ4v) is 13.6. The minimum absolute atomic E-state index is 0.529. The number of hydrogen-bond acceptors (Lipinski definition) is 4. The van der Waals surface area contributed by atoms with Gasteiger partial charge in [-0.05, 0) is 0 Å². The van der Waals surface area contributed by atoms with Crippen LogP contribution >= 0.6 is 0 Å². The van der Waals surface area contributed by atoms with Crippen molar-refractivity contribution < 1.29 is 7.91 Å². The van der Waals surface area contributed by atoms with E-state index in [9.17, 15) is 0 Å². The maximum atomic E-state index is 6.66. The Bertz CT molecular complexity index is 970. The van der Waals surface area contributed by atoms with Gasteiger partial charge in [0.1, 0.15) is 0 Å². The minimum atomic E-state index is -3.79. The quantitative estimate of drug-likeness (QED) is 0.227. The van der Waals surface area contributed by atoms with E-state index in [1.807, 2.05) is 18.2 Å². The average Bonchev–Trinajstić information content (AvgIpc) is 3.27. The van der Waals surface area contributed by atoms with E-state index in [-0.39, 0.29) is 0 Å². The third kappa shape index (κ3) is 4.05. The van der Waals surface area contributed by atoms with E-state index in [0.29, 0.717) is 5.82 Å². The van der Waals surface area contributed by atoms with Gasteiger partial charge in [0.25, 0.3) is 0 Å². The van der Waals surface area contributed by atoms with Gasteiger partial charge >= 0.3 is 175 Å². The van der Waals surface area contributed by atoms with Crippen LogP contribution in [-0.2, 0) is 3.07 Å². The van der Waals surface area contributed by atoms with Gasteiger partial charge in [-0.2, -0.15) is 0 Å². The van der Waals surface area contributed by atoms with Crippen molar-refractivity contribution in [3.8, 4) is 0 Å². The summed E-state index contributed by atoms with van der Waals surface area (Å²) in [5.41, 5.74) is 0. The van der Waals surface area contributed by atoms with Gasteiger partial charge in [-0.3, -0.25) is 0 Å². The van der Waals surface area contributed by atoms with E-state index in [1.165, 1.54) is 15.6 Å². The predicted molar refractivity (Wildman–Crippen MR) is 118 cm³/mol. The fraction of sp³-hybridized carbons (Fsp3) is 0.0435. The van der Waals surface area contributed by atoms with Crippen molar-refractivity contribution in [1.29, 1.82) is 0 Å². The Kier molecular flexibility index (Phi) is 5.95. The van der Waals surface area contributed by atoms with Crippen molar-refractivity contribution in [1.82, 2.24) is 9.94 Å². The molecule has 0 aliphatic rings. The molecule has 0 unspecified atom stereocenters. The Labute approximate surface area is 174 Å². The molecule has 6 heteroatoms. The molecule has 0 aliphatic heterocycles. The van der Waals surface area contributed by atoms with Crippen LogP contribution in [0.1, 0.15) is 0 Å². The number of benzene rings is 3. The van der Waals surface area contributed by atoms with Crippen molar-refractivity contribution in [2.24, 2.45) is 4.99 Å². The van der Waals surface area contributed by atoms with Gasteiger partial charge in [0.05, 0.1) is 0 Å². The zero-order chi connectivity index (χ0) is 19.9. The van der Waals surface area contributed by atoms with Crippen LogP contribution in [0.3, 0.4) is 0 Å². The maximum absolute atomic E-state index is 6.66. The number of hydrogen-bond donors (Lipinski definition) is 0. The van der Waals surface area contributed by atoms with Gasteiger partial charge in [0.15, 0.2) is 0 Å². The first-order valence-corrected chi connectivity index (χ1v) is 14.7. The summed E-state index contributed by atoms with van der Waals surface area (Å²) >= 11 is -3.79. The molecule has 29 heavy (non-hydrogen) atoms. The molecule has 0 atom stereocenters. The molecule has 0 amide bonds. The Hall–Kier alpha value is -3.06.